The maximum atomic E-state index is 12.3. The first-order chi connectivity index (χ1) is 12.0. The highest BCUT2D eigenvalue weighted by molar-refractivity contribution is 7.87. The molecule has 0 unspecified atom stereocenters. The average Bonchev–Trinajstić information content (AvgIpc) is 2.63. The van der Waals surface area contributed by atoms with Gasteiger partial charge in [0.15, 0.2) is 0 Å². The molecule has 0 atom stereocenters. The fourth-order valence-corrected chi connectivity index (χ4v) is 3.20. The summed E-state index contributed by atoms with van der Waals surface area (Å²) in [4.78, 5) is 0.105. The van der Waals surface area contributed by atoms with Crippen LogP contribution in [0.4, 0.5) is 5.69 Å². The van der Waals surface area contributed by atoms with E-state index in [0.717, 1.165) is 5.56 Å². The summed E-state index contributed by atoms with van der Waals surface area (Å²) < 4.78 is 29.8. The van der Waals surface area contributed by atoms with Gasteiger partial charge in [-0.15, -0.1) is 0 Å². The van der Waals surface area contributed by atoms with Gasteiger partial charge in [-0.3, -0.25) is 0 Å². The van der Waals surface area contributed by atoms with Gasteiger partial charge >= 0.3 is 10.1 Å². The lowest BCUT2D eigenvalue weighted by atomic mass is 10.1. The van der Waals surface area contributed by atoms with E-state index in [-0.39, 0.29) is 10.6 Å². The van der Waals surface area contributed by atoms with Gasteiger partial charge in [-0.05, 0) is 35.9 Å². The van der Waals surface area contributed by atoms with Crippen LogP contribution in [0.1, 0.15) is 11.1 Å². The third kappa shape index (κ3) is 4.28. The van der Waals surface area contributed by atoms with Crippen molar-refractivity contribution >= 4 is 28.0 Å². The van der Waals surface area contributed by atoms with Gasteiger partial charge in [0.05, 0.1) is 0 Å². The van der Waals surface area contributed by atoms with Gasteiger partial charge in [0.2, 0.25) is 0 Å². The molecule has 0 fully saturated rings. The summed E-state index contributed by atoms with van der Waals surface area (Å²) >= 11 is 0. The Morgan fingerprint density at radius 3 is 2.12 bits per heavy atom. The Balaban J connectivity index is 1.86. The van der Waals surface area contributed by atoms with Crippen molar-refractivity contribution in [3.63, 3.8) is 0 Å². The Hall–Kier alpha value is -3.05. The molecule has 0 aliphatic rings. The van der Waals surface area contributed by atoms with E-state index >= 15 is 0 Å². The van der Waals surface area contributed by atoms with E-state index in [9.17, 15) is 8.42 Å². The Morgan fingerprint density at radius 2 is 1.44 bits per heavy atom. The minimum Gasteiger partial charge on any atom is -0.398 e. The van der Waals surface area contributed by atoms with E-state index in [1.165, 1.54) is 18.2 Å². The zero-order chi connectivity index (χ0) is 17.7. The molecule has 0 saturated heterocycles. The van der Waals surface area contributed by atoms with Crippen LogP contribution < -0.4 is 9.92 Å². The second-order valence-corrected chi connectivity index (χ2v) is 6.93. The summed E-state index contributed by atoms with van der Waals surface area (Å²) in [6, 6.07) is 22.5. The Kier molecular flexibility index (Phi) is 4.86. The molecule has 0 radical (unpaired) electrons. The SMILES string of the molecule is Nc1ccc(OS(=O)(=O)c2ccccc2)cc1/C=C/c1ccccc1. The van der Waals surface area contributed by atoms with Crippen LogP contribution in [0.5, 0.6) is 5.75 Å². The summed E-state index contributed by atoms with van der Waals surface area (Å²) in [7, 11) is -3.87. The summed E-state index contributed by atoms with van der Waals surface area (Å²) in [6.07, 6.45) is 3.73. The average molecular weight is 351 g/mol. The van der Waals surface area contributed by atoms with Gasteiger partial charge in [0.25, 0.3) is 0 Å². The summed E-state index contributed by atoms with van der Waals surface area (Å²) in [5.41, 5.74) is 8.21. The van der Waals surface area contributed by atoms with Gasteiger partial charge in [-0.1, -0.05) is 60.7 Å². The lowest BCUT2D eigenvalue weighted by Crippen LogP contribution is -2.09. The molecule has 0 bridgehead atoms. The molecular formula is C20H17NO3S. The van der Waals surface area contributed by atoms with Crippen LogP contribution in [-0.4, -0.2) is 8.42 Å². The number of anilines is 1. The summed E-state index contributed by atoms with van der Waals surface area (Å²) in [5, 5.41) is 0. The number of hydrogen-bond acceptors (Lipinski definition) is 4. The quantitative estimate of drug-likeness (QED) is 0.425. The summed E-state index contributed by atoms with van der Waals surface area (Å²) in [5.74, 6) is 0.214. The predicted octanol–water partition coefficient (Wildman–Crippen LogP) is 4.21. The highest BCUT2D eigenvalue weighted by Crippen LogP contribution is 2.25. The van der Waals surface area contributed by atoms with Crippen LogP contribution >= 0.6 is 0 Å². The van der Waals surface area contributed by atoms with E-state index in [1.807, 2.05) is 42.5 Å². The second-order valence-electron chi connectivity index (χ2n) is 5.39. The van der Waals surface area contributed by atoms with Gasteiger partial charge in [0, 0.05) is 11.3 Å². The van der Waals surface area contributed by atoms with Crippen molar-refractivity contribution in [3.05, 3.63) is 90.0 Å². The molecule has 3 aromatic rings. The third-order valence-electron chi connectivity index (χ3n) is 3.55. The van der Waals surface area contributed by atoms with E-state index in [0.29, 0.717) is 11.3 Å². The number of nitrogens with two attached hydrogens (primary N) is 1. The highest BCUT2D eigenvalue weighted by Gasteiger charge is 2.16. The van der Waals surface area contributed by atoms with E-state index in [2.05, 4.69) is 0 Å². The second kappa shape index (κ2) is 7.23. The zero-order valence-corrected chi connectivity index (χ0v) is 14.2. The lowest BCUT2D eigenvalue weighted by molar-refractivity contribution is 0.486. The molecule has 0 heterocycles. The fraction of sp³-hybridized carbons (Fsp3) is 0. The van der Waals surface area contributed by atoms with Crippen molar-refractivity contribution in [2.24, 2.45) is 0 Å². The monoisotopic (exact) mass is 351 g/mol. The maximum Gasteiger partial charge on any atom is 0.339 e. The molecule has 2 N–H and O–H groups in total. The molecule has 4 nitrogen and oxygen atoms in total. The van der Waals surface area contributed by atoms with E-state index < -0.39 is 10.1 Å². The topological polar surface area (TPSA) is 69.4 Å². The van der Waals surface area contributed by atoms with Crippen LogP contribution in [0.25, 0.3) is 12.2 Å². The number of benzene rings is 3. The molecule has 0 aliphatic carbocycles. The first-order valence-corrected chi connectivity index (χ1v) is 9.08. The third-order valence-corrected chi connectivity index (χ3v) is 4.81. The van der Waals surface area contributed by atoms with Crippen LogP contribution in [0.2, 0.25) is 0 Å². The van der Waals surface area contributed by atoms with Crippen molar-refractivity contribution in [3.8, 4) is 5.75 Å². The van der Waals surface area contributed by atoms with E-state index in [1.54, 1.807) is 30.3 Å². The van der Waals surface area contributed by atoms with E-state index in [4.69, 9.17) is 9.92 Å². The molecule has 0 spiro atoms. The molecule has 5 heteroatoms. The predicted molar refractivity (Wildman–Crippen MR) is 100 cm³/mol. The van der Waals surface area contributed by atoms with Crippen molar-refractivity contribution < 1.29 is 12.6 Å². The van der Waals surface area contributed by atoms with Gasteiger partial charge in [-0.2, -0.15) is 8.42 Å². The molecule has 0 aliphatic heterocycles. The van der Waals surface area contributed by atoms with Crippen LogP contribution in [0, 0.1) is 0 Å². The standard InChI is InChI=1S/C20H17NO3S/c21-20-14-13-18(24-25(22,23)19-9-5-2-6-10-19)15-17(20)12-11-16-7-3-1-4-8-16/h1-15H,21H2/b12-11+. The maximum absolute atomic E-state index is 12.3. The lowest BCUT2D eigenvalue weighted by Gasteiger charge is -2.09. The fourth-order valence-electron chi connectivity index (χ4n) is 2.26. The minimum atomic E-state index is -3.87. The van der Waals surface area contributed by atoms with Crippen molar-refractivity contribution in [1.82, 2.24) is 0 Å². The largest absolute Gasteiger partial charge is 0.398 e. The molecule has 0 saturated carbocycles. The molecule has 0 aromatic heterocycles. The number of nitrogen functional groups attached to an aromatic ring is 1. The van der Waals surface area contributed by atoms with Crippen LogP contribution in [0.15, 0.2) is 83.8 Å². The smallest absolute Gasteiger partial charge is 0.339 e. The Morgan fingerprint density at radius 1 is 0.800 bits per heavy atom. The molecule has 3 aromatic carbocycles. The number of rotatable bonds is 5. The van der Waals surface area contributed by atoms with Gasteiger partial charge in [0.1, 0.15) is 10.6 Å². The first-order valence-electron chi connectivity index (χ1n) is 7.67. The highest BCUT2D eigenvalue weighted by atomic mass is 32.2. The van der Waals surface area contributed by atoms with Crippen molar-refractivity contribution in [2.45, 2.75) is 4.90 Å². The molecule has 3 rings (SSSR count). The molecular weight excluding hydrogens is 334 g/mol. The van der Waals surface area contributed by atoms with Gasteiger partial charge < -0.3 is 9.92 Å². The minimum absolute atomic E-state index is 0.105. The van der Waals surface area contributed by atoms with Crippen LogP contribution in [-0.2, 0) is 10.1 Å². The summed E-state index contributed by atoms with van der Waals surface area (Å²) in [6.45, 7) is 0. The van der Waals surface area contributed by atoms with Crippen LogP contribution in [0.3, 0.4) is 0 Å². The zero-order valence-electron chi connectivity index (χ0n) is 13.4. The van der Waals surface area contributed by atoms with Gasteiger partial charge in [-0.25, -0.2) is 0 Å². The molecule has 0 amide bonds. The first kappa shape index (κ1) is 16.8. The Labute approximate surface area is 147 Å². The van der Waals surface area contributed by atoms with Crippen molar-refractivity contribution in [1.29, 1.82) is 0 Å². The number of hydrogen-bond donors (Lipinski definition) is 1. The van der Waals surface area contributed by atoms with Crippen molar-refractivity contribution in [2.75, 3.05) is 5.73 Å². The normalized spacial score (nSPS) is 11.5. The molecule has 25 heavy (non-hydrogen) atoms. The molecule has 126 valence electrons. The Bertz CT molecular complexity index is 982.